The number of benzene rings is 1. The van der Waals surface area contributed by atoms with Crippen LogP contribution in [0.3, 0.4) is 0 Å². The van der Waals surface area contributed by atoms with Crippen molar-refractivity contribution in [2.24, 2.45) is 5.73 Å². The molecule has 2 atom stereocenters. The average Bonchev–Trinajstić information content (AvgIpc) is 2.97. The molecule has 1 aromatic rings. The van der Waals surface area contributed by atoms with Gasteiger partial charge in [0, 0.05) is 18.3 Å². The van der Waals surface area contributed by atoms with Gasteiger partial charge in [0.1, 0.15) is 6.10 Å². The van der Waals surface area contributed by atoms with Crippen LogP contribution in [0.25, 0.3) is 0 Å². The number of nitrogens with two attached hydrogens (primary N) is 1. The quantitative estimate of drug-likeness (QED) is 0.861. The van der Waals surface area contributed by atoms with E-state index in [2.05, 4.69) is 5.32 Å². The van der Waals surface area contributed by atoms with Gasteiger partial charge in [-0.1, -0.05) is 0 Å². The first-order valence-electron chi connectivity index (χ1n) is 6.98. The highest BCUT2D eigenvalue weighted by Crippen LogP contribution is 2.33. The number of nitrogens with one attached hydrogen (secondary N) is 1. The molecule has 7 heteroatoms. The molecule has 2 rings (SSSR count). The summed E-state index contributed by atoms with van der Waals surface area (Å²) in [4.78, 5) is 12.2. The second-order valence-corrected chi connectivity index (χ2v) is 5.07. The van der Waals surface area contributed by atoms with Crippen LogP contribution in [0.4, 0.5) is 5.69 Å². The first kappa shape index (κ1) is 18.5. The Labute approximate surface area is 136 Å². The van der Waals surface area contributed by atoms with E-state index in [0.717, 1.165) is 12.0 Å². The van der Waals surface area contributed by atoms with E-state index < -0.39 is 6.10 Å². The van der Waals surface area contributed by atoms with E-state index in [0.29, 0.717) is 30.2 Å². The third-order valence-electron chi connectivity index (χ3n) is 3.65. The topological polar surface area (TPSA) is 82.8 Å². The van der Waals surface area contributed by atoms with Gasteiger partial charge < -0.3 is 25.3 Å². The van der Waals surface area contributed by atoms with Gasteiger partial charge in [-0.05, 0) is 31.4 Å². The van der Waals surface area contributed by atoms with Gasteiger partial charge in [-0.15, -0.1) is 12.4 Å². The molecule has 1 aliphatic rings. The summed E-state index contributed by atoms with van der Waals surface area (Å²) in [5, 5.41) is 2.88. The van der Waals surface area contributed by atoms with Gasteiger partial charge in [0.2, 0.25) is 0 Å². The Bertz CT molecular complexity index is 525. The van der Waals surface area contributed by atoms with Gasteiger partial charge in [0.15, 0.2) is 11.5 Å². The van der Waals surface area contributed by atoms with Crippen molar-refractivity contribution in [1.29, 1.82) is 0 Å². The highest BCUT2D eigenvalue weighted by Gasteiger charge is 2.30. The molecule has 124 valence electrons. The molecular formula is C15H23ClN2O4. The van der Waals surface area contributed by atoms with Crippen LogP contribution in [0.5, 0.6) is 11.5 Å². The Kier molecular flexibility index (Phi) is 6.93. The molecule has 0 unspecified atom stereocenters. The average molecular weight is 331 g/mol. The Morgan fingerprint density at radius 3 is 2.50 bits per heavy atom. The largest absolute Gasteiger partial charge is 0.493 e. The number of aryl methyl sites for hydroxylation is 1. The van der Waals surface area contributed by atoms with E-state index in [1.165, 1.54) is 0 Å². The van der Waals surface area contributed by atoms with Crippen molar-refractivity contribution >= 4 is 24.0 Å². The number of rotatable bonds is 5. The molecule has 1 aliphatic heterocycles. The molecule has 0 spiro atoms. The maximum absolute atomic E-state index is 12.2. The van der Waals surface area contributed by atoms with Crippen molar-refractivity contribution in [2.45, 2.75) is 32.0 Å². The fourth-order valence-corrected chi connectivity index (χ4v) is 2.40. The Balaban J connectivity index is 0.00000242. The number of carbonyl (C=O) groups is 1. The molecule has 1 saturated heterocycles. The number of hydrogen-bond acceptors (Lipinski definition) is 5. The van der Waals surface area contributed by atoms with Crippen molar-refractivity contribution in [2.75, 3.05) is 26.1 Å². The van der Waals surface area contributed by atoms with E-state index in [-0.39, 0.29) is 24.4 Å². The van der Waals surface area contributed by atoms with Crippen molar-refractivity contribution in [3.63, 3.8) is 0 Å². The van der Waals surface area contributed by atoms with Crippen molar-refractivity contribution in [3.8, 4) is 11.5 Å². The summed E-state index contributed by atoms with van der Waals surface area (Å²) >= 11 is 0. The van der Waals surface area contributed by atoms with E-state index in [4.69, 9.17) is 19.9 Å². The molecule has 6 nitrogen and oxygen atoms in total. The lowest BCUT2D eigenvalue weighted by atomic mass is 10.1. The molecule has 1 aromatic carbocycles. The van der Waals surface area contributed by atoms with E-state index in [9.17, 15) is 4.79 Å². The SMILES string of the molecule is COc1cc(C)c(NC(=O)[C@@H]2CC[C@H](CN)O2)cc1OC.Cl. The Morgan fingerprint density at radius 1 is 1.32 bits per heavy atom. The van der Waals surface area contributed by atoms with Crippen LogP contribution in [0, 0.1) is 6.92 Å². The summed E-state index contributed by atoms with van der Waals surface area (Å²) in [5.41, 5.74) is 7.15. The minimum Gasteiger partial charge on any atom is -0.493 e. The standard InChI is InChI=1S/C15H22N2O4.ClH/c1-9-6-13(19-2)14(20-3)7-11(9)17-15(18)12-5-4-10(8-16)21-12;/h6-7,10,12H,4-5,8,16H2,1-3H3,(H,17,18);1H/t10-,12+;/m1./s1. The van der Waals surface area contributed by atoms with Gasteiger partial charge in [0.05, 0.1) is 20.3 Å². The number of amides is 1. The smallest absolute Gasteiger partial charge is 0.253 e. The number of methoxy groups -OCH3 is 2. The lowest BCUT2D eigenvalue weighted by Crippen LogP contribution is -2.30. The number of carbonyl (C=O) groups excluding carboxylic acids is 1. The van der Waals surface area contributed by atoms with Crippen molar-refractivity contribution in [3.05, 3.63) is 17.7 Å². The number of hydrogen-bond donors (Lipinski definition) is 2. The van der Waals surface area contributed by atoms with Crippen LogP contribution >= 0.6 is 12.4 Å². The third kappa shape index (κ3) is 4.03. The van der Waals surface area contributed by atoms with Crippen LogP contribution in [-0.4, -0.2) is 38.9 Å². The zero-order valence-electron chi connectivity index (χ0n) is 13.0. The minimum atomic E-state index is -0.439. The van der Waals surface area contributed by atoms with Crippen LogP contribution < -0.4 is 20.5 Å². The van der Waals surface area contributed by atoms with Crippen LogP contribution in [0.1, 0.15) is 18.4 Å². The van der Waals surface area contributed by atoms with Crippen molar-refractivity contribution in [1.82, 2.24) is 0 Å². The number of halogens is 1. The fourth-order valence-electron chi connectivity index (χ4n) is 2.40. The minimum absolute atomic E-state index is 0. The molecule has 1 heterocycles. The van der Waals surface area contributed by atoms with E-state index in [1.54, 1.807) is 20.3 Å². The van der Waals surface area contributed by atoms with Crippen LogP contribution in [-0.2, 0) is 9.53 Å². The predicted molar refractivity (Wildman–Crippen MR) is 87.1 cm³/mol. The molecule has 0 radical (unpaired) electrons. The van der Waals surface area contributed by atoms with Gasteiger partial charge in [-0.3, -0.25) is 4.79 Å². The summed E-state index contributed by atoms with van der Waals surface area (Å²) in [6.07, 6.45) is 1.05. The summed E-state index contributed by atoms with van der Waals surface area (Å²) in [6.45, 7) is 2.34. The number of anilines is 1. The van der Waals surface area contributed by atoms with Gasteiger partial charge in [-0.25, -0.2) is 0 Å². The second-order valence-electron chi connectivity index (χ2n) is 5.07. The zero-order chi connectivity index (χ0) is 15.4. The van der Waals surface area contributed by atoms with Gasteiger partial charge in [-0.2, -0.15) is 0 Å². The molecular weight excluding hydrogens is 308 g/mol. The molecule has 0 saturated carbocycles. The van der Waals surface area contributed by atoms with Crippen LogP contribution in [0.2, 0.25) is 0 Å². The summed E-state index contributed by atoms with van der Waals surface area (Å²) in [5.74, 6) is 1.06. The predicted octanol–water partition coefficient (Wildman–Crippen LogP) is 1.88. The molecule has 22 heavy (non-hydrogen) atoms. The molecule has 1 fully saturated rings. The molecule has 0 aromatic heterocycles. The second kappa shape index (κ2) is 8.22. The highest BCUT2D eigenvalue weighted by atomic mass is 35.5. The first-order valence-corrected chi connectivity index (χ1v) is 6.98. The summed E-state index contributed by atoms with van der Waals surface area (Å²) in [6, 6.07) is 3.58. The maximum Gasteiger partial charge on any atom is 0.253 e. The Hall–Kier alpha value is -1.50. The molecule has 3 N–H and O–H groups in total. The zero-order valence-corrected chi connectivity index (χ0v) is 13.9. The fraction of sp³-hybridized carbons (Fsp3) is 0.533. The maximum atomic E-state index is 12.2. The Morgan fingerprint density at radius 2 is 1.95 bits per heavy atom. The van der Waals surface area contributed by atoms with Gasteiger partial charge >= 0.3 is 0 Å². The lowest BCUT2D eigenvalue weighted by molar-refractivity contribution is -0.126. The summed E-state index contributed by atoms with van der Waals surface area (Å²) < 4.78 is 16.1. The van der Waals surface area contributed by atoms with Crippen LogP contribution in [0.15, 0.2) is 12.1 Å². The monoisotopic (exact) mass is 330 g/mol. The molecule has 0 aliphatic carbocycles. The number of ether oxygens (including phenoxy) is 3. The highest BCUT2D eigenvalue weighted by molar-refractivity contribution is 5.95. The molecule has 0 bridgehead atoms. The lowest BCUT2D eigenvalue weighted by Gasteiger charge is -2.16. The van der Waals surface area contributed by atoms with Crippen molar-refractivity contribution < 1.29 is 19.0 Å². The summed E-state index contributed by atoms with van der Waals surface area (Å²) in [7, 11) is 3.14. The normalized spacial score (nSPS) is 20.2. The van der Waals surface area contributed by atoms with E-state index >= 15 is 0 Å². The van der Waals surface area contributed by atoms with Gasteiger partial charge in [0.25, 0.3) is 5.91 Å². The van der Waals surface area contributed by atoms with E-state index in [1.807, 2.05) is 13.0 Å². The first-order chi connectivity index (χ1) is 10.1. The third-order valence-corrected chi connectivity index (χ3v) is 3.65. The molecule has 1 amide bonds.